The second kappa shape index (κ2) is 8.58. The number of nitrogens with zero attached hydrogens (tertiary/aromatic N) is 1. The number of hydrogen-bond acceptors (Lipinski definition) is 2. The molecule has 1 N–H and O–H groups in total. The smallest absolute Gasteiger partial charge is 0.253 e. The summed E-state index contributed by atoms with van der Waals surface area (Å²) in [5, 5.41) is 4.05. The summed E-state index contributed by atoms with van der Waals surface area (Å²) < 4.78 is 0.711. The average Bonchev–Trinajstić information content (AvgIpc) is 2.78. The number of benzene rings is 3. The highest BCUT2D eigenvalue weighted by Gasteiger charge is 2.22. The lowest BCUT2D eigenvalue weighted by Crippen LogP contribution is -2.28. The number of nitrogens with one attached hydrogen (secondary N) is 1. The molecular formula is C25H21BrN2O. The van der Waals surface area contributed by atoms with E-state index >= 15 is 0 Å². The Morgan fingerprint density at radius 3 is 2.24 bits per heavy atom. The van der Waals surface area contributed by atoms with Gasteiger partial charge in [-0.2, -0.15) is 0 Å². The molecule has 29 heavy (non-hydrogen) atoms. The van der Waals surface area contributed by atoms with Gasteiger partial charge < -0.3 is 5.32 Å². The predicted molar refractivity (Wildman–Crippen MR) is 122 cm³/mol. The van der Waals surface area contributed by atoms with Crippen molar-refractivity contribution in [1.29, 1.82) is 0 Å². The minimum Gasteiger partial charge on any atom is -0.345 e. The van der Waals surface area contributed by atoms with E-state index in [4.69, 9.17) is 4.98 Å². The number of aromatic nitrogens is 1. The zero-order valence-electron chi connectivity index (χ0n) is 16.1. The maximum absolute atomic E-state index is 13.4. The van der Waals surface area contributed by atoms with Crippen molar-refractivity contribution in [3.8, 4) is 11.3 Å². The molecule has 0 aliphatic heterocycles. The third kappa shape index (κ3) is 3.94. The van der Waals surface area contributed by atoms with Crippen LogP contribution in [-0.2, 0) is 0 Å². The summed E-state index contributed by atoms with van der Waals surface area (Å²) in [6.45, 7) is 2.08. The van der Waals surface area contributed by atoms with Crippen LogP contribution in [0.3, 0.4) is 0 Å². The minimum absolute atomic E-state index is 0.0531. The van der Waals surface area contributed by atoms with Crippen LogP contribution in [0.2, 0.25) is 0 Å². The Hall–Kier alpha value is -2.98. The molecule has 1 unspecified atom stereocenters. The van der Waals surface area contributed by atoms with Crippen LogP contribution in [0.1, 0.15) is 35.3 Å². The number of rotatable bonds is 5. The molecule has 4 heteroatoms. The normalized spacial score (nSPS) is 11.9. The number of para-hydroxylation sites is 1. The Kier molecular flexibility index (Phi) is 5.72. The van der Waals surface area contributed by atoms with Crippen molar-refractivity contribution < 1.29 is 4.79 Å². The van der Waals surface area contributed by atoms with Crippen LogP contribution < -0.4 is 5.32 Å². The molecule has 0 spiro atoms. The Morgan fingerprint density at radius 2 is 1.55 bits per heavy atom. The molecule has 0 bridgehead atoms. The van der Waals surface area contributed by atoms with Crippen molar-refractivity contribution in [2.75, 3.05) is 0 Å². The number of amides is 1. The van der Waals surface area contributed by atoms with Gasteiger partial charge in [-0.1, -0.05) is 85.8 Å². The Morgan fingerprint density at radius 1 is 0.931 bits per heavy atom. The first-order valence-electron chi connectivity index (χ1n) is 9.68. The van der Waals surface area contributed by atoms with Crippen LogP contribution in [0.15, 0.2) is 89.4 Å². The van der Waals surface area contributed by atoms with E-state index in [-0.39, 0.29) is 11.9 Å². The van der Waals surface area contributed by atoms with Crippen molar-refractivity contribution in [2.24, 2.45) is 0 Å². The van der Waals surface area contributed by atoms with Crippen LogP contribution in [0.25, 0.3) is 22.2 Å². The van der Waals surface area contributed by atoms with Gasteiger partial charge in [0.2, 0.25) is 0 Å². The van der Waals surface area contributed by atoms with Crippen molar-refractivity contribution in [3.05, 3.63) is 101 Å². The van der Waals surface area contributed by atoms with Crippen molar-refractivity contribution in [2.45, 2.75) is 19.4 Å². The van der Waals surface area contributed by atoms with Crippen molar-refractivity contribution in [3.63, 3.8) is 0 Å². The third-order valence-electron chi connectivity index (χ3n) is 5.02. The molecule has 1 amide bonds. The van der Waals surface area contributed by atoms with E-state index in [1.807, 2.05) is 84.9 Å². The van der Waals surface area contributed by atoms with Crippen molar-refractivity contribution in [1.82, 2.24) is 10.3 Å². The van der Waals surface area contributed by atoms with Gasteiger partial charge in [0.25, 0.3) is 5.91 Å². The summed E-state index contributed by atoms with van der Waals surface area (Å²) in [7, 11) is 0. The van der Waals surface area contributed by atoms with E-state index < -0.39 is 0 Å². The fraction of sp³-hybridized carbons (Fsp3) is 0.120. The summed E-state index contributed by atoms with van der Waals surface area (Å²) in [4.78, 5) is 18.3. The first-order chi connectivity index (χ1) is 14.2. The van der Waals surface area contributed by atoms with E-state index in [2.05, 4.69) is 28.2 Å². The molecule has 1 aromatic heterocycles. The number of pyridine rings is 1. The van der Waals surface area contributed by atoms with E-state index in [9.17, 15) is 4.79 Å². The zero-order valence-corrected chi connectivity index (χ0v) is 17.7. The maximum atomic E-state index is 13.4. The zero-order chi connectivity index (χ0) is 20.2. The van der Waals surface area contributed by atoms with Gasteiger partial charge in [0.15, 0.2) is 0 Å². The minimum atomic E-state index is -0.108. The molecule has 4 aromatic rings. The molecule has 0 fully saturated rings. The lowest BCUT2D eigenvalue weighted by atomic mass is 10.0. The topological polar surface area (TPSA) is 42.0 Å². The van der Waals surface area contributed by atoms with Crippen LogP contribution in [0.5, 0.6) is 0 Å². The highest BCUT2D eigenvalue weighted by molar-refractivity contribution is 9.10. The van der Waals surface area contributed by atoms with Gasteiger partial charge in [-0.15, -0.1) is 0 Å². The Bertz CT molecular complexity index is 1140. The largest absolute Gasteiger partial charge is 0.345 e. The van der Waals surface area contributed by atoms with E-state index in [1.165, 1.54) is 0 Å². The number of halogens is 1. The molecule has 0 aliphatic rings. The monoisotopic (exact) mass is 444 g/mol. The lowest BCUT2D eigenvalue weighted by Gasteiger charge is -2.19. The second-order valence-electron chi connectivity index (χ2n) is 6.88. The second-order valence-corrected chi connectivity index (χ2v) is 7.67. The van der Waals surface area contributed by atoms with Gasteiger partial charge in [-0.25, -0.2) is 4.98 Å². The summed E-state index contributed by atoms with van der Waals surface area (Å²) in [6, 6.07) is 27.7. The lowest BCUT2D eigenvalue weighted by molar-refractivity contribution is 0.0936. The molecule has 0 saturated carbocycles. The van der Waals surface area contributed by atoms with Crippen molar-refractivity contribution >= 4 is 32.7 Å². The summed E-state index contributed by atoms with van der Waals surface area (Å²) in [5.41, 5.74) is 4.24. The molecule has 3 aromatic carbocycles. The fourth-order valence-electron chi connectivity index (χ4n) is 3.53. The highest BCUT2D eigenvalue weighted by atomic mass is 79.9. The SMILES string of the molecule is CCC(NC(=O)c1c(Br)c(-c2ccccc2)nc2ccccc12)c1ccccc1. The number of hydrogen-bond donors (Lipinski definition) is 1. The Balaban J connectivity index is 1.82. The van der Waals surface area contributed by atoms with Gasteiger partial charge in [0.1, 0.15) is 0 Å². The molecule has 1 heterocycles. The summed E-state index contributed by atoms with van der Waals surface area (Å²) in [6.07, 6.45) is 0.807. The third-order valence-corrected chi connectivity index (χ3v) is 5.79. The van der Waals surface area contributed by atoms with Crippen LogP contribution in [0, 0.1) is 0 Å². The fourth-order valence-corrected chi connectivity index (χ4v) is 4.25. The molecule has 0 radical (unpaired) electrons. The maximum Gasteiger partial charge on any atom is 0.253 e. The van der Waals surface area contributed by atoms with E-state index in [0.717, 1.165) is 34.1 Å². The first kappa shape index (κ1) is 19.3. The number of carbonyl (C=O) groups excluding carboxylic acids is 1. The first-order valence-corrected chi connectivity index (χ1v) is 10.5. The van der Waals surface area contributed by atoms with Gasteiger partial charge in [-0.05, 0) is 34.0 Å². The summed E-state index contributed by atoms with van der Waals surface area (Å²) in [5.74, 6) is -0.108. The number of fused-ring (bicyclic) bond motifs is 1. The van der Waals surface area contributed by atoms with Gasteiger partial charge in [-0.3, -0.25) is 4.79 Å². The van der Waals surface area contributed by atoms with Crippen LogP contribution in [-0.4, -0.2) is 10.9 Å². The molecule has 3 nitrogen and oxygen atoms in total. The average molecular weight is 445 g/mol. The quantitative estimate of drug-likeness (QED) is 0.379. The molecule has 144 valence electrons. The summed E-state index contributed by atoms with van der Waals surface area (Å²) >= 11 is 3.68. The van der Waals surface area contributed by atoms with Crippen LogP contribution in [0.4, 0.5) is 0 Å². The molecule has 0 saturated heterocycles. The Labute approximate surface area is 178 Å². The standard InChI is InChI=1S/C25H21BrN2O/c1-2-20(17-11-5-3-6-12-17)28-25(29)22-19-15-9-10-16-21(19)27-24(23(22)26)18-13-7-4-8-14-18/h3-16,20H,2H2,1H3,(H,28,29). The molecule has 4 rings (SSSR count). The predicted octanol–water partition coefficient (Wildman–Crippen LogP) is 6.55. The van der Waals surface area contributed by atoms with E-state index in [0.29, 0.717) is 10.0 Å². The number of carbonyl (C=O) groups is 1. The van der Waals surface area contributed by atoms with Gasteiger partial charge in [0.05, 0.1) is 27.3 Å². The molecule has 0 aliphatic carbocycles. The molecular weight excluding hydrogens is 424 g/mol. The van der Waals surface area contributed by atoms with Crippen LogP contribution >= 0.6 is 15.9 Å². The van der Waals surface area contributed by atoms with Gasteiger partial charge >= 0.3 is 0 Å². The molecule has 1 atom stereocenters. The van der Waals surface area contributed by atoms with E-state index in [1.54, 1.807) is 0 Å². The van der Waals surface area contributed by atoms with Gasteiger partial charge in [0, 0.05) is 10.9 Å². The highest BCUT2D eigenvalue weighted by Crippen LogP contribution is 2.34.